The molecule has 0 spiro atoms. The van der Waals surface area contributed by atoms with Gasteiger partial charge in [0.2, 0.25) is 0 Å². The minimum absolute atomic E-state index is 0.181. The van der Waals surface area contributed by atoms with E-state index in [0.717, 1.165) is 16.8 Å². The molecule has 0 aliphatic carbocycles. The molecule has 0 unspecified atom stereocenters. The lowest BCUT2D eigenvalue weighted by atomic mass is 10.1. The van der Waals surface area contributed by atoms with Gasteiger partial charge in [-0.3, -0.25) is 4.79 Å². The van der Waals surface area contributed by atoms with Crippen molar-refractivity contribution in [2.24, 2.45) is 10.9 Å². The highest BCUT2D eigenvalue weighted by Gasteiger charge is 2.05. The van der Waals surface area contributed by atoms with Crippen LogP contribution in [-0.4, -0.2) is 16.0 Å². The molecule has 22 heavy (non-hydrogen) atoms. The van der Waals surface area contributed by atoms with Crippen LogP contribution in [0.1, 0.15) is 5.56 Å². The van der Waals surface area contributed by atoms with Gasteiger partial charge >= 0.3 is 0 Å². The van der Waals surface area contributed by atoms with E-state index < -0.39 is 0 Å². The number of hydrogen-bond donors (Lipinski definition) is 1. The van der Waals surface area contributed by atoms with E-state index in [0.29, 0.717) is 5.69 Å². The Morgan fingerprint density at radius 1 is 0.955 bits per heavy atom. The van der Waals surface area contributed by atoms with Crippen LogP contribution in [0, 0.1) is 0 Å². The molecule has 1 aromatic heterocycles. The molecule has 5 nitrogen and oxygen atoms in total. The zero-order valence-corrected chi connectivity index (χ0v) is 11.8. The highest BCUT2D eigenvalue weighted by molar-refractivity contribution is 5.79. The Morgan fingerprint density at radius 2 is 1.68 bits per heavy atom. The summed E-state index contributed by atoms with van der Waals surface area (Å²) in [6, 6.07) is 20.2. The molecule has 0 amide bonds. The van der Waals surface area contributed by atoms with Gasteiger partial charge in [-0.25, -0.2) is 0 Å². The zero-order chi connectivity index (χ0) is 15.4. The van der Waals surface area contributed by atoms with Crippen molar-refractivity contribution in [2.45, 2.75) is 0 Å². The van der Waals surface area contributed by atoms with Gasteiger partial charge in [-0.1, -0.05) is 42.5 Å². The Bertz CT molecular complexity index is 852. The van der Waals surface area contributed by atoms with Crippen molar-refractivity contribution in [1.82, 2.24) is 9.78 Å². The van der Waals surface area contributed by atoms with Gasteiger partial charge in [-0.15, -0.1) is 0 Å². The third-order valence-electron chi connectivity index (χ3n) is 3.23. The molecule has 108 valence electrons. The van der Waals surface area contributed by atoms with Crippen molar-refractivity contribution in [3.63, 3.8) is 0 Å². The standard InChI is InChI=1S/C17H14N4O/c18-19-12-13-6-8-15(9-7-13)21-17(22)11-10-16(20-21)14-4-2-1-3-5-14/h1-12H,18H2. The average molecular weight is 290 g/mol. The Hall–Kier alpha value is -3.21. The summed E-state index contributed by atoms with van der Waals surface area (Å²) >= 11 is 0. The maximum absolute atomic E-state index is 12.1. The molecule has 0 fully saturated rings. The molecule has 5 heteroatoms. The van der Waals surface area contributed by atoms with Crippen molar-refractivity contribution in [1.29, 1.82) is 0 Å². The van der Waals surface area contributed by atoms with Crippen molar-refractivity contribution in [3.8, 4) is 16.9 Å². The normalized spacial score (nSPS) is 10.9. The number of benzene rings is 2. The van der Waals surface area contributed by atoms with Gasteiger partial charge in [0, 0.05) is 11.6 Å². The number of hydrazone groups is 1. The molecule has 3 aromatic rings. The first kappa shape index (κ1) is 13.8. The van der Waals surface area contributed by atoms with E-state index >= 15 is 0 Å². The van der Waals surface area contributed by atoms with Crippen LogP contribution in [0.2, 0.25) is 0 Å². The maximum Gasteiger partial charge on any atom is 0.271 e. The Morgan fingerprint density at radius 3 is 2.36 bits per heavy atom. The first-order valence-corrected chi connectivity index (χ1v) is 6.77. The van der Waals surface area contributed by atoms with Gasteiger partial charge in [0.25, 0.3) is 5.56 Å². The van der Waals surface area contributed by atoms with Gasteiger partial charge in [0.05, 0.1) is 17.6 Å². The molecule has 0 saturated heterocycles. The van der Waals surface area contributed by atoms with E-state index in [1.807, 2.05) is 42.5 Å². The topological polar surface area (TPSA) is 73.3 Å². The van der Waals surface area contributed by atoms with E-state index in [-0.39, 0.29) is 5.56 Å². The van der Waals surface area contributed by atoms with Crippen LogP contribution >= 0.6 is 0 Å². The summed E-state index contributed by atoms with van der Waals surface area (Å²) in [5, 5.41) is 7.90. The molecule has 2 aromatic carbocycles. The monoisotopic (exact) mass is 290 g/mol. The lowest BCUT2D eigenvalue weighted by Gasteiger charge is -2.07. The molecule has 0 radical (unpaired) electrons. The van der Waals surface area contributed by atoms with Crippen molar-refractivity contribution < 1.29 is 0 Å². The number of aromatic nitrogens is 2. The second-order valence-corrected chi connectivity index (χ2v) is 4.70. The minimum atomic E-state index is -0.181. The lowest BCUT2D eigenvalue weighted by Crippen LogP contribution is -2.20. The smallest absolute Gasteiger partial charge is 0.271 e. The Labute approximate surface area is 127 Å². The SMILES string of the molecule is NN=Cc1ccc(-n2nc(-c3ccccc3)ccc2=O)cc1. The van der Waals surface area contributed by atoms with Gasteiger partial charge in [-0.05, 0) is 23.8 Å². The second-order valence-electron chi connectivity index (χ2n) is 4.70. The summed E-state index contributed by atoms with van der Waals surface area (Å²) < 4.78 is 1.38. The van der Waals surface area contributed by atoms with Gasteiger partial charge in [0.1, 0.15) is 0 Å². The van der Waals surface area contributed by atoms with Crippen LogP contribution in [0.25, 0.3) is 16.9 Å². The van der Waals surface area contributed by atoms with Crippen LogP contribution < -0.4 is 11.4 Å². The fourth-order valence-corrected chi connectivity index (χ4v) is 2.15. The largest absolute Gasteiger partial charge is 0.323 e. The molecule has 0 aliphatic rings. The number of nitrogens with zero attached hydrogens (tertiary/aromatic N) is 3. The van der Waals surface area contributed by atoms with Crippen LogP contribution in [-0.2, 0) is 0 Å². The molecular formula is C17H14N4O. The van der Waals surface area contributed by atoms with Crippen LogP contribution in [0.4, 0.5) is 0 Å². The summed E-state index contributed by atoms with van der Waals surface area (Å²) in [6.45, 7) is 0. The molecule has 0 bridgehead atoms. The molecular weight excluding hydrogens is 276 g/mol. The predicted octanol–water partition coefficient (Wildman–Crippen LogP) is 2.19. The van der Waals surface area contributed by atoms with Crippen molar-refractivity contribution in [2.75, 3.05) is 0 Å². The van der Waals surface area contributed by atoms with Crippen LogP contribution in [0.15, 0.2) is 76.6 Å². The number of nitrogens with two attached hydrogens (primary N) is 1. The third-order valence-corrected chi connectivity index (χ3v) is 3.23. The maximum atomic E-state index is 12.1. The van der Waals surface area contributed by atoms with Crippen molar-refractivity contribution >= 4 is 6.21 Å². The summed E-state index contributed by atoms with van der Waals surface area (Å²) in [6.07, 6.45) is 1.54. The van der Waals surface area contributed by atoms with Crippen LogP contribution in [0.5, 0.6) is 0 Å². The fraction of sp³-hybridized carbons (Fsp3) is 0. The summed E-state index contributed by atoms with van der Waals surface area (Å²) in [4.78, 5) is 12.1. The zero-order valence-electron chi connectivity index (χ0n) is 11.8. The average Bonchev–Trinajstić information content (AvgIpc) is 2.57. The van der Waals surface area contributed by atoms with Gasteiger partial charge < -0.3 is 5.84 Å². The molecule has 0 atom stereocenters. The molecule has 0 saturated carbocycles. The summed E-state index contributed by atoms with van der Waals surface area (Å²) in [5.41, 5.74) is 3.08. The van der Waals surface area contributed by atoms with E-state index in [4.69, 9.17) is 5.84 Å². The Kier molecular flexibility index (Phi) is 3.78. The van der Waals surface area contributed by atoms with Gasteiger partial charge in [-0.2, -0.15) is 14.9 Å². The van der Waals surface area contributed by atoms with Gasteiger partial charge in [0.15, 0.2) is 0 Å². The van der Waals surface area contributed by atoms with E-state index in [9.17, 15) is 4.79 Å². The van der Waals surface area contributed by atoms with E-state index in [2.05, 4.69) is 10.2 Å². The number of rotatable bonds is 3. The highest BCUT2D eigenvalue weighted by atomic mass is 16.1. The lowest BCUT2D eigenvalue weighted by molar-refractivity contribution is 0.812. The first-order valence-electron chi connectivity index (χ1n) is 6.77. The third kappa shape index (κ3) is 2.78. The second kappa shape index (κ2) is 6.05. The minimum Gasteiger partial charge on any atom is -0.323 e. The first-order chi connectivity index (χ1) is 10.8. The fourth-order valence-electron chi connectivity index (χ4n) is 2.15. The van der Waals surface area contributed by atoms with E-state index in [1.54, 1.807) is 24.4 Å². The van der Waals surface area contributed by atoms with E-state index in [1.165, 1.54) is 10.7 Å². The Balaban J connectivity index is 2.05. The molecule has 2 N–H and O–H groups in total. The molecule has 0 aliphatic heterocycles. The quantitative estimate of drug-likeness (QED) is 0.456. The number of hydrogen-bond acceptors (Lipinski definition) is 4. The molecule has 3 rings (SSSR count). The highest BCUT2D eigenvalue weighted by Crippen LogP contribution is 2.15. The predicted molar refractivity (Wildman–Crippen MR) is 87.1 cm³/mol. The van der Waals surface area contributed by atoms with Crippen molar-refractivity contribution in [3.05, 3.63) is 82.6 Å². The summed E-state index contributed by atoms with van der Waals surface area (Å²) in [5.74, 6) is 5.12. The van der Waals surface area contributed by atoms with Crippen LogP contribution in [0.3, 0.4) is 0 Å². The molecule has 1 heterocycles. The summed E-state index contributed by atoms with van der Waals surface area (Å²) in [7, 11) is 0.